The Kier molecular flexibility index (Phi) is 5.89. The molecule has 1 aliphatic rings. The first-order chi connectivity index (χ1) is 14.5. The molecule has 1 aromatic heterocycles. The summed E-state index contributed by atoms with van der Waals surface area (Å²) in [4.78, 5) is 12.1. The van der Waals surface area contributed by atoms with Gasteiger partial charge in [0, 0.05) is 6.42 Å². The van der Waals surface area contributed by atoms with Crippen molar-refractivity contribution in [2.75, 3.05) is 7.11 Å². The Labute approximate surface area is 177 Å². The van der Waals surface area contributed by atoms with Crippen molar-refractivity contribution in [1.82, 2.24) is 14.8 Å². The number of aromatic nitrogens is 3. The molecule has 0 amide bonds. The van der Waals surface area contributed by atoms with Crippen molar-refractivity contribution in [1.29, 1.82) is 0 Å². The van der Waals surface area contributed by atoms with E-state index in [1.165, 1.54) is 17.8 Å². The van der Waals surface area contributed by atoms with Crippen LogP contribution in [-0.4, -0.2) is 39.2 Å². The topological polar surface area (TPSA) is 75.5 Å². The summed E-state index contributed by atoms with van der Waals surface area (Å²) < 4.78 is 32.3. The van der Waals surface area contributed by atoms with Crippen molar-refractivity contribution in [3.63, 3.8) is 0 Å². The van der Waals surface area contributed by atoms with Crippen LogP contribution in [0.3, 0.4) is 0 Å². The van der Waals surface area contributed by atoms with E-state index in [1.54, 1.807) is 54.1 Å². The van der Waals surface area contributed by atoms with Crippen molar-refractivity contribution < 1.29 is 23.4 Å². The highest BCUT2D eigenvalue weighted by Gasteiger charge is 2.34. The number of benzene rings is 2. The second kappa shape index (κ2) is 8.74. The average Bonchev–Trinajstić information content (AvgIpc) is 3.29. The number of carbonyl (C=O) groups is 1. The molecule has 0 spiro atoms. The van der Waals surface area contributed by atoms with Crippen LogP contribution < -0.4 is 9.47 Å². The lowest BCUT2D eigenvalue weighted by atomic mass is 10.3. The van der Waals surface area contributed by atoms with Crippen LogP contribution in [0.5, 0.6) is 11.5 Å². The molecule has 156 valence electrons. The Hall–Kier alpha value is -3.07. The van der Waals surface area contributed by atoms with Gasteiger partial charge in [0.15, 0.2) is 11.0 Å². The summed E-state index contributed by atoms with van der Waals surface area (Å²) >= 11 is 1.22. The molecule has 0 bridgehead atoms. The molecule has 0 N–H and O–H groups in total. The number of cyclic esters (lactones) is 1. The van der Waals surface area contributed by atoms with Crippen LogP contribution >= 0.6 is 11.8 Å². The van der Waals surface area contributed by atoms with Crippen LogP contribution in [0.15, 0.2) is 53.7 Å². The van der Waals surface area contributed by atoms with E-state index in [-0.39, 0.29) is 24.4 Å². The zero-order valence-corrected chi connectivity index (χ0v) is 17.3. The van der Waals surface area contributed by atoms with E-state index in [2.05, 4.69) is 10.2 Å². The van der Waals surface area contributed by atoms with Gasteiger partial charge in [-0.1, -0.05) is 23.9 Å². The number of rotatable bonds is 7. The minimum Gasteiger partial charge on any atom is -0.497 e. The molecule has 7 nitrogen and oxygen atoms in total. The van der Waals surface area contributed by atoms with Crippen molar-refractivity contribution >= 4 is 17.7 Å². The Bertz CT molecular complexity index is 1040. The molecule has 0 saturated carbocycles. The first-order valence-electron chi connectivity index (χ1n) is 9.38. The van der Waals surface area contributed by atoms with Gasteiger partial charge in [-0.3, -0.25) is 9.36 Å². The molecule has 0 unspecified atom stereocenters. The van der Waals surface area contributed by atoms with E-state index in [1.807, 2.05) is 6.92 Å². The highest BCUT2D eigenvalue weighted by atomic mass is 32.2. The van der Waals surface area contributed by atoms with E-state index in [4.69, 9.17) is 14.2 Å². The quantitative estimate of drug-likeness (QED) is 0.529. The Balaban J connectivity index is 1.62. The molecule has 3 aromatic rings. The van der Waals surface area contributed by atoms with E-state index in [0.717, 1.165) is 0 Å². The number of methoxy groups -OCH3 is 1. The standard InChI is InChI=1S/C21H20FN3O4S/c1-13-11-18(20(26)29-13)30-21-24-23-19(25(21)17-6-4-3-5-16(17)22)12-28-15-9-7-14(27-2)8-10-15/h3-10,13,18H,11-12H2,1-2H3/t13-,18-/m1/s1. The number of hydrogen-bond acceptors (Lipinski definition) is 7. The zero-order chi connectivity index (χ0) is 21.1. The maximum Gasteiger partial charge on any atom is 0.319 e. The van der Waals surface area contributed by atoms with Crippen molar-refractivity contribution in [2.24, 2.45) is 0 Å². The van der Waals surface area contributed by atoms with Crippen LogP contribution in [0.4, 0.5) is 4.39 Å². The average molecular weight is 429 g/mol. The second-order valence-electron chi connectivity index (χ2n) is 6.74. The molecule has 0 aliphatic carbocycles. The number of nitrogens with zero attached hydrogens (tertiary/aromatic N) is 3. The van der Waals surface area contributed by atoms with Gasteiger partial charge < -0.3 is 14.2 Å². The monoisotopic (exact) mass is 429 g/mol. The third kappa shape index (κ3) is 4.25. The predicted octanol–water partition coefficient (Wildman–Crippen LogP) is 3.79. The highest BCUT2D eigenvalue weighted by Crippen LogP contribution is 2.33. The van der Waals surface area contributed by atoms with Crippen LogP contribution in [0, 0.1) is 5.82 Å². The summed E-state index contributed by atoms with van der Waals surface area (Å²) in [6.45, 7) is 1.91. The lowest BCUT2D eigenvalue weighted by Gasteiger charge is -2.13. The summed E-state index contributed by atoms with van der Waals surface area (Å²) in [5.41, 5.74) is 0.290. The van der Waals surface area contributed by atoms with E-state index < -0.39 is 11.1 Å². The van der Waals surface area contributed by atoms with Gasteiger partial charge in [-0.15, -0.1) is 10.2 Å². The summed E-state index contributed by atoms with van der Waals surface area (Å²) in [7, 11) is 1.59. The Morgan fingerprint density at radius 1 is 1.17 bits per heavy atom. The normalized spacial score (nSPS) is 18.3. The molecule has 2 heterocycles. The third-order valence-corrected chi connectivity index (χ3v) is 5.74. The number of halogens is 1. The van der Waals surface area contributed by atoms with Gasteiger partial charge >= 0.3 is 5.97 Å². The molecule has 1 fully saturated rings. The lowest BCUT2D eigenvalue weighted by molar-refractivity contribution is -0.140. The summed E-state index contributed by atoms with van der Waals surface area (Å²) in [5.74, 6) is 1.02. The minimum atomic E-state index is -0.424. The summed E-state index contributed by atoms with van der Waals surface area (Å²) in [6.07, 6.45) is 0.406. The summed E-state index contributed by atoms with van der Waals surface area (Å²) in [6, 6.07) is 13.4. The van der Waals surface area contributed by atoms with Crippen LogP contribution in [0.2, 0.25) is 0 Å². The largest absolute Gasteiger partial charge is 0.497 e. The van der Waals surface area contributed by atoms with Crippen molar-refractivity contribution in [2.45, 2.75) is 36.5 Å². The first kappa shape index (κ1) is 20.2. The van der Waals surface area contributed by atoms with Gasteiger partial charge in [-0.25, -0.2) is 4.39 Å². The molecule has 9 heteroatoms. The first-order valence-corrected chi connectivity index (χ1v) is 10.3. The number of para-hydroxylation sites is 1. The lowest BCUT2D eigenvalue weighted by Crippen LogP contribution is -2.13. The van der Waals surface area contributed by atoms with Gasteiger partial charge in [0.25, 0.3) is 0 Å². The molecule has 1 saturated heterocycles. The van der Waals surface area contributed by atoms with Crippen molar-refractivity contribution in [3.8, 4) is 17.2 Å². The smallest absolute Gasteiger partial charge is 0.319 e. The fraction of sp³-hybridized carbons (Fsp3) is 0.286. The third-order valence-electron chi connectivity index (χ3n) is 4.60. The number of hydrogen-bond donors (Lipinski definition) is 0. The molecular weight excluding hydrogens is 409 g/mol. The number of esters is 1. The van der Waals surface area contributed by atoms with Crippen molar-refractivity contribution in [3.05, 3.63) is 60.2 Å². The summed E-state index contributed by atoms with van der Waals surface area (Å²) in [5, 5.41) is 8.38. The van der Waals surface area contributed by atoms with Gasteiger partial charge in [0.05, 0.1) is 12.8 Å². The van der Waals surface area contributed by atoms with Gasteiger partial charge in [0.1, 0.15) is 35.3 Å². The fourth-order valence-corrected chi connectivity index (χ4v) is 4.28. The molecule has 1 aliphatic heterocycles. The molecule has 0 radical (unpaired) electrons. The van der Waals surface area contributed by atoms with E-state index in [9.17, 15) is 9.18 Å². The van der Waals surface area contributed by atoms with E-state index in [0.29, 0.717) is 28.9 Å². The maximum atomic E-state index is 14.6. The molecule has 2 aromatic carbocycles. The van der Waals surface area contributed by atoms with Crippen LogP contribution in [0.1, 0.15) is 19.2 Å². The number of thioether (sulfide) groups is 1. The molecular formula is C21H20FN3O4S. The predicted molar refractivity (Wildman–Crippen MR) is 108 cm³/mol. The zero-order valence-electron chi connectivity index (χ0n) is 16.4. The Morgan fingerprint density at radius 3 is 2.57 bits per heavy atom. The minimum absolute atomic E-state index is 0.0692. The SMILES string of the molecule is COc1ccc(OCc2nnc(S[C@@H]3C[C@@H](C)OC3=O)n2-c2ccccc2F)cc1. The highest BCUT2D eigenvalue weighted by molar-refractivity contribution is 8.00. The Morgan fingerprint density at radius 2 is 1.90 bits per heavy atom. The number of carbonyl (C=O) groups excluding carboxylic acids is 1. The van der Waals surface area contributed by atoms with Gasteiger partial charge in [0.2, 0.25) is 0 Å². The number of ether oxygens (including phenoxy) is 3. The van der Waals surface area contributed by atoms with Crippen LogP contribution in [-0.2, 0) is 16.1 Å². The maximum absolute atomic E-state index is 14.6. The fourth-order valence-electron chi connectivity index (χ4n) is 3.11. The molecule has 2 atom stereocenters. The molecule has 30 heavy (non-hydrogen) atoms. The second-order valence-corrected chi connectivity index (χ2v) is 7.91. The van der Waals surface area contributed by atoms with Crippen LogP contribution in [0.25, 0.3) is 5.69 Å². The van der Waals surface area contributed by atoms with Gasteiger partial charge in [-0.2, -0.15) is 0 Å². The molecule has 4 rings (SSSR count). The van der Waals surface area contributed by atoms with Gasteiger partial charge in [-0.05, 0) is 43.3 Å². The van der Waals surface area contributed by atoms with E-state index >= 15 is 0 Å².